The summed E-state index contributed by atoms with van der Waals surface area (Å²) in [5.41, 5.74) is 0.937. The minimum absolute atomic E-state index is 0.0563. The van der Waals surface area contributed by atoms with Gasteiger partial charge in [0.25, 0.3) is 0 Å². The van der Waals surface area contributed by atoms with Crippen LogP contribution in [-0.4, -0.2) is 11.4 Å². The Bertz CT molecular complexity index is 462. The molecular weight excluding hydrogens is 232 g/mol. The van der Waals surface area contributed by atoms with E-state index in [2.05, 4.69) is 24.1 Å². The molecule has 1 aromatic heterocycles. The first-order valence-corrected chi connectivity index (χ1v) is 6.70. The maximum Gasteiger partial charge on any atom is 0.0703 e. The molecule has 0 radical (unpaired) electrons. The Balaban J connectivity index is 2.79. The Morgan fingerprint density at radius 3 is 3.00 bits per heavy atom. The molecule has 1 aromatic carbocycles. The van der Waals surface area contributed by atoms with E-state index < -0.39 is 0 Å². The van der Waals surface area contributed by atoms with Gasteiger partial charge in [-0.25, -0.2) is 0 Å². The highest BCUT2D eigenvalue weighted by atomic mass is 32.2. The summed E-state index contributed by atoms with van der Waals surface area (Å²) in [5.74, 6) is 0. The van der Waals surface area contributed by atoms with Crippen molar-refractivity contribution in [1.82, 2.24) is 0 Å². The van der Waals surface area contributed by atoms with Gasteiger partial charge in [-0.15, -0.1) is 35.7 Å². The van der Waals surface area contributed by atoms with E-state index in [1.807, 2.05) is 12.3 Å². The topological polar surface area (TPSA) is 20.2 Å². The Kier molecular flexibility index (Phi) is 3.07. The summed E-state index contributed by atoms with van der Waals surface area (Å²) >= 11 is 7.82. The van der Waals surface area contributed by atoms with Gasteiger partial charge < -0.3 is 5.11 Å². The summed E-state index contributed by atoms with van der Waals surface area (Å²) in [6.45, 7) is 0.0563. The van der Waals surface area contributed by atoms with E-state index in [1.165, 1.54) is 4.70 Å². The molecule has 0 aliphatic rings. The first kappa shape index (κ1) is 10.4. The van der Waals surface area contributed by atoms with Crippen molar-refractivity contribution in [3.8, 4) is 0 Å². The molecule has 2 rings (SSSR count). The quantitative estimate of drug-likeness (QED) is 0.622. The predicted octanol–water partition coefficient (Wildman–Crippen LogP) is 3.40. The summed E-state index contributed by atoms with van der Waals surface area (Å²) in [6, 6.07) is 4.17. The summed E-state index contributed by atoms with van der Waals surface area (Å²) in [6.07, 6.45) is 2.02. The van der Waals surface area contributed by atoms with Crippen LogP contribution in [0.4, 0.5) is 0 Å². The Morgan fingerprint density at radius 2 is 2.36 bits per heavy atom. The molecule has 0 saturated carbocycles. The van der Waals surface area contributed by atoms with E-state index in [0.29, 0.717) is 0 Å². The average Bonchev–Trinajstić information content (AvgIpc) is 2.65. The van der Waals surface area contributed by atoms with Gasteiger partial charge in [0.1, 0.15) is 0 Å². The molecule has 0 unspecified atom stereocenters. The SMILES string of the molecule is CSc1cc2sccc2c(S)c1CO. The van der Waals surface area contributed by atoms with Crippen LogP contribution in [0.15, 0.2) is 27.3 Å². The lowest BCUT2D eigenvalue weighted by atomic mass is 10.2. The van der Waals surface area contributed by atoms with Gasteiger partial charge in [0.05, 0.1) is 6.61 Å². The van der Waals surface area contributed by atoms with Gasteiger partial charge >= 0.3 is 0 Å². The molecule has 0 aliphatic heterocycles. The van der Waals surface area contributed by atoms with Crippen LogP contribution in [0.2, 0.25) is 0 Å². The van der Waals surface area contributed by atoms with Crippen molar-refractivity contribution >= 4 is 45.8 Å². The molecule has 0 fully saturated rings. The molecular formula is C10H10OS3. The van der Waals surface area contributed by atoms with Gasteiger partial charge in [0.2, 0.25) is 0 Å². The van der Waals surface area contributed by atoms with Crippen LogP contribution in [0.5, 0.6) is 0 Å². The van der Waals surface area contributed by atoms with Crippen molar-refractivity contribution in [2.75, 3.05) is 6.26 Å². The van der Waals surface area contributed by atoms with Crippen molar-refractivity contribution in [2.45, 2.75) is 16.4 Å². The maximum atomic E-state index is 9.27. The van der Waals surface area contributed by atoms with E-state index in [4.69, 9.17) is 0 Å². The lowest BCUT2D eigenvalue weighted by Gasteiger charge is -2.08. The van der Waals surface area contributed by atoms with Gasteiger partial charge in [-0.3, -0.25) is 0 Å². The molecule has 0 amide bonds. The van der Waals surface area contributed by atoms with Gasteiger partial charge in [-0.2, -0.15) is 0 Å². The minimum Gasteiger partial charge on any atom is -0.392 e. The normalized spacial score (nSPS) is 11.1. The fourth-order valence-electron chi connectivity index (χ4n) is 1.45. The number of thiophene rings is 1. The molecule has 74 valence electrons. The highest BCUT2D eigenvalue weighted by Gasteiger charge is 2.10. The van der Waals surface area contributed by atoms with Crippen molar-refractivity contribution in [3.05, 3.63) is 23.1 Å². The zero-order chi connectivity index (χ0) is 10.1. The molecule has 0 atom stereocenters. The second kappa shape index (κ2) is 4.14. The van der Waals surface area contributed by atoms with Crippen molar-refractivity contribution in [1.29, 1.82) is 0 Å². The summed E-state index contributed by atoms with van der Waals surface area (Å²) in [5, 5.41) is 12.5. The van der Waals surface area contributed by atoms with Crippen LogP contribution in [0, 0.1) is 0 Å². The van der Waals surface area contributed by atoms with Crippen LogP contribution in [0.25, 0.3) is 10.1 Å². The third-order valence-electron chi connectivity index (χ3n) is 2.17. The number of aliphatic hydroxyl groups is 1. The average molecular weight is 242 g/mol. The summed E-state index contributed by atoms with van der Waals surface area (Å²) in [4.78, 5) is 2.03. The zero-order valence-corrected chi connectivity index (χ0v) is 10.2. The fourth-order valence-corrected chi connectivity index (χ4v) is 3.54. The standard InChI is InChI=1S/C10H10OS3/c1-13-8-4-9-6(2-3-14-9)10(12)7(8)5-11/h2-4,11-12H,5H2,1H3. The molecule has 2 aromatic rings. The molecule has 4 heteroatoms. The number of aliphatic hydroxyl groups excluding tert-OH is 1. The summed E-state index contributed by atoms with van der Waals surface area (Å²) in [7, 11) is 0. The molecule has 1 heterocycles. The van der Waals surface area contributed by atoms with Crippen molar-refractivity contribution in [2.24, 2.45) is 0 Å². The zero-order valence-electron chi connectivity index (χ0n) is 7.65. The predicted molar refractivity (Wildman–Crippen MR) is 66.8 cm³/mol. The van der Waals surface area contributed by atoms with E-state index >= 15 is 0 Å². The van der Waals surface area contributed by atoms with E-state index in [-0.39, 0.29) is 6.61 Å². The number of fused-ring (bicyclic) bond motifs is 1. The smallest absolute Gasteiger partial charge is 0.0703 e. The van der Waals surface area contributed by atoms with Crippen LogP contribution >= 0.6 is 35.7 Å². The Hall–Kier alpha value is -0.160. The third-order valence-corrected chi connectivity index (χ3v) is 4.35. The van der Waals surface area contributed by atoms with Crippen LogP contribution < -0.4 is 0 Å². The van der Waals surface area contributed by atoms with Crippen LogP contribution in [0.3, 0.4) is 0 Å². The summed E-state index contributed by atoms with van der Waals surface area (Å²) < 4.78 is 1.23. The highest BCUT2D eigenvalue weighted by Crippen LogP contribution is 2.35. The second-order valence-corrected chi connectivity index (χ2v) is 5.14. The van der Waals surface area contributed by atoms with Gasteiger partial charge in [0, 0.05) is 25.4 Å². The number of benzene rings is 1. The number of rotatable bonds is 2. The van der Waals surface area contributed by atoms with Gasteiger partial charge in [0.15, 0.2) is 0 Å². The molecule has 0 spiro atoms. The lowest BCUT2D eigenvalue weighted by Crippen LogP contribution is -1.89. The van der Waals surface area contributed by atoms with E-state index in [9.17, 15) is 5.11 Å². The number of hydrogen-bond donors (Lipinski definition) is 2. The van der Waals surface area contributed by atoms with Crippen molar-refractivity contribution < 1.29 is 5.11 Å². The molecule has 1 nitrogen and oxygen atoms in total. The van der Waals surface area contributed by atoms with Gasteiger partial charge in [-0.1, -0.05) is 0 Å². The first-order valence-electron chi connectivity index (χ1n) is 4.14. The molecule has 0 saturated heterocycles. The largest absolute Gasteiger partial charge is 0.392 e. The van der Waals surface area contributed by atoms with Crippen molar-refractivity contribution in [3.63, 3.8) is 0 Å². The molecule has 0 bridgehead atoms. The van der Waals surface area contributed by atoms with Crippen LogP contribution in [-0.2, 0) is 6.61 Å². The monoisotopic (exact) mass is 242 g/mol. The number of thiol groups is 1. The van der Waals surface area contributed by atoms with E-state index in [1.54, 1.807) is 23.1 Å². The Labute approximate surface area is 96.6 Å². The molecule has 1 N–H and O–H groups in total. The second-order valence-electron chi connectivity index (χ2n) is 2.90. The molecule has 0 aliphatic carbocycles. The van der Waals surface area contributed by atoms with Crippen LogP contribution in [0.1, 0.15) is 5.56 Å². The minimum atomic E-state index is 0.0563. The highest BCUT2D eigenvalue weighted by molar-refractivity contribution is 7.98. The molecule has 14 heavy (non-hydrogen) atoms. The Morgan fingerprint density at radius 1 is 1.57 bits per heavy atom. The first-order chi connectivity index (χ1) is 6.77. The number of thioether (sulfide) groups is 1. The number of hydrogen-bond acceptors (Lipinski definition) is 4. The van der Waals surface area contributed by atoms with Gasteiger partial charge in [-0.05, 0) is 23.8 Å². The third kappa shape index (κ3) is 1.56. The van der Waals surface area contributed by atoms with E-state index in [0.717, 1.165) is 20.7 Å². The lowest BCUT2D eigenvalue weighted by molar-refractivity contribution is 0.276. The maximum absolute atomic E-state index is 9.27. The fraction of sp³-hybridized carbons (Fsp3) is 0.200.